The van der Waals surface area contributed by atoms with Gasteiger partial charge in [-0.15, -0.1) is 0 Å². The Bertz CT molecular complexity index is 275. The van der Waals surface area contributed by atoms with Gasteiger partial charge in [-0.25, -0.2) is 4.98 Å². The maximum Gasteiger partial charge on any atom is 0.146 e. The highest BCUT2D eigenvalue weighted by molar-refractivity contribution is 5.60. The minimum Gasteiger partial charge on any atom is -0.382 e. The van der Waals surface area contributed by atoms with E-state index in [2.05, 4.69) is 29.2 Å². The van der Waals surface area contributed by atoms with Crippen molar-refractivity contribution in [2.24, 2.45) is 0 Å². The van der Waals surface area contributed by atoms with Gasteiger partial charge < -0.3 is 16.0 Å². The average molecular weight is 194 g/mol. The zero-order valence-corrected chi connectivity index (χ0v) is 8.83. The minimum absolute atomic E-state index is 0.562. The van der Waals surface area contributed by atoms with Crippen molar-refractivity contribution in [3.63, 3.8) is 0 Å². The van der Waals surface area contributed by atoms with Crippen LogP contribution >= 0.6 is 0 Å². The van der Waals surface area contributed by atoms with E-state index in [0.29, 0.717) is 5.82 Å². The third-order valence-corrected chi connectivity index (χ3v) is 2.19. The molecule has 4 nitrogen and oxygen atoms in total. The lowest BCUT2D eigenvalue weighted by molar-refractivity contribution is 0.367. The van der Waals surface area contributed by atoms with Crippen molar-refractivity contribution in [3.05, 3.63) is 18.3 Å². The van der Waals surface area contributed by atoms with E-state index < -0.39 is 0 Å². The second-order valence-corrected chi connectivity index (χ2v) is 3.26. The van der Waals surface area contributed by atoms with Crippen LogP contribution in [0.5, 0.6) is 0 Å². The van der Waals surface area contributed by atoms with Gasteiger partial charge in [-0.1, -0.05) is 6.92 Å². The van der Waals surface area contributed by atoms with Crippen molar-refractivity contribution in [1.82, 2.24) is 9.88 Å². The van der Waals surface area contributed by atoms with E-state index in [4.69, 9.17) is 5.73 Å². The van der Waals surface area contributed by atoms with Crippen molar-refractivity contribution in [3.8, 4) is 0 Å². The lowest BCUT2D eigenvalue weighted by atomic mass is 10.4. The summed E-state index contributed by atoms with van der Waals surface area (Å²) in [4.78, 5) is 6.23. The van der Waals surface area contributed by atoms with Crippen LogP contribution in [0.1, 0.15) is 6.92 Å². The van der Waals surface area contributed by atoms with Crippen LogP contribution < -0.4 is 11.1 Å². The van der Waals surface area contributed by atoms with Crippen molar-refractivity contribution >= 4 is 11.5 Å². The number of nitrogen functional groups attached to an aromatic ring is 1. The summed E-state index contributed by atoms with van der Waals surface area (Å²) < 4.78 is 0. The molecule has 0 saturated heterocycles. The predicted molar refractivity (Wildman–Crippen MR) is 60.3 cm³/mol. The number of pyridine rings is 1. The molecule has 1 heterocycles. The second-order valence-electron chi connectivity index (χ2n) is 3.26. The summed E-state index contributed by atoms with van der Waals surface area (Å²) in [6.07, 6.45) is 1.69. The van der Waals surface area contributed by atoms with Crippen molar-refractivity contribution in [1.29, 1.82) is 0 Å². The molecule has 0 saturated carbocycles. The molecule has 3 N–H and O–H groups in total. The predicted octanol–water partition coefficient (Wildman–Crippen LogP) is 1.03. The van der Waals surface area contributed by atoms with E-state index >= 15 is 0 Å². The maximum atomic E-state index is 5.68. The molecule has 0 atom stereocenters. The molecule has 0 aliphatic carbocycles. The SMILES string of the molecule is CCN(C)CCNc1cccnc1N. The molecule has 1 aromatic heterocycles. The van der Waals surface area contributed by atoms with Gasteiger partial charge in [-0.3, -0.25) is 0 Å². The summed E-state index contributed by atoms with van der Waals surface area (Å²) in [7, 11) is 2.09. The highest BCUT2D eigenvalue weighted by Gasteiger charge is 1.98. The normalized spacial score (nSPS) is 10.5. The highest BCUT2D eigenvalue weighted by atomic mass is 15.1. The highest BCUT2D eigenvalue weighted by Crippen LogP contribution is 2.12. The van der Waals surface area contributed by atoms with Gasteiger partial charge in [0, 0.05) is 19.3 Å². The van der Waals surface area contributed by atoms with Gasteiger partial charge in [0.1, 0.15) is 5.82 Å². The Kier molecular flexibility index (Phi) is 4.19. The first-order valence-corrected chi connectivity index (χ1v) is 4.87. The van der Waals surface area contributed by atoms with Crippen molar-refractivity contribution in [2.75, 3.05) is 37.7 Å². The number of anilines is 2. The number of likely N-dealkylation sites (N-methyl/N-ethyl adjacent to an activating group) is 1. The first-order chi connectivity index (χ1) is 6.74. The number of nitrogens with one attached hydrogen (secondary N) is 1. The largest absolute Gasteiger partial charge is 0.382 e. The third kappa shape index (κ3) is 3.22. The van der Waals surface area contributed by atoms with Crippen molar-refractivity contribution in [2.45, 2.75) is 6.92 Å². The third-order valence-electron chi connectivity index (χ3n) is 2.19. The van der Waals surface area contributed by atoms with Crippen LogP contribution in [0, 0.1) is 0 Å². The molecule has 4 heteroatoms. The molecule has 1 rings (SSSR count). The van der Waals surface area contributed by atoms with Crippen LogP contribution in [0.15, 0.2) is 18.3 Å². The summed E-state index contributed by atoms with van der Waals surface area (Å²) in [5.74, 6) is 0.562. The quantitative estimate of drug-likeness (QED) is 0.735. The van der Waals surface area contributed by atoms with Crippen LogP contribution in [0.4, 0.5) is 11.5 Å². The fourth-order valence-electron chi connectivity index (χ4n) is 1.11. The molecule has 0 bridgehead atoms. The Hall–Kier alpha value is -1.29. The molecule has 1 aromatic rings. The number of hydrogen-bond acceptors (Lipinski definition) is 4. The number of rotatable bonds is 5. The van der Waals surface area contributed by atoms with Crippen LogP contribution in [-0.2, 0) is 0 Å². The molecule has 14 heavy (non-hydrogen) atoms. The van der Waals surface area contributed by atoms with Gasteiger partial charge in [0.2, 0.25) is 0 Å². The average Bonchev–Trinajstić information content (AvgIpc) is 2.20. The Morgan fingerprint density at radius 1 is 1.57 bits per heavy atom. The molecular formula is C10H18N4. The Morgan fingerprint density at radius 2 is 2.36 bits per heavy atom. The van der Waals surface area contributed by atoms with Gasteiger partial charge in [-0.05, 0) is 25.7 Å². The number of hydrogen-bond donors (Lipinski definition) is 2. The van der Waals surface area contributed by atoms with E-state index in [0.717, 1.165) is 25.3 Å². The van der Waals surface area contributed by atoms with Crippen LogP contribution in [0.25, 0.3) is 0 Å². The van der Waals surface area contributed by atoms with Crippen LogP contribution in [-0.4, -0.2) is 36.6 Å². The number of nitrogens with zero attached hydrogens (tertiary/aromatic N) is 2. The van der Waals surface area contributed by atoms with Gasteiger partial charge in [0.25, 0.3) is 0 Å². The topological polar surface area (TPSA) is 54.2 Å². The van der Waals surface area contributed by atoms with Gasteiger partial charge >= 0.3 is 0 Å². The molecule has 0 fully saturated rings. The van der Waals surface area contributed by atoms with Crippen LogP contribution in [0.2, 0.25) is 0 Å². The molecule has 78 valence electrons. The van der Waals surface area contributed by atoms with E-state index in [1.807, 2.05) is 12.1 Å². The number of nitrogens with two attached hydrogens (primary N) is 1. The van der Waals surface area contributed by atoms with E-state index in [-0.39, 0.29) is 0 Å². The maximum absolute atomic E-state index is 5.68. The Labute approximate surface area is 85.1 Å². The van der Waals surface area contributed by atoms with Gasteiger partial charge in [0.05, 0.1) is 5.69 Å². The Balaban J connectivity index is 2.35. The minimum atomic E-state index is 0.562. The zero-order chi connectivity index (χ0) is 10.4. The second kappa shape index (κ2) is 5.44. The molecule has 0 aliphatic heterocycles. The van der Waals surface area contributed by atoms with E-state index in [9.17, 15) is 0 Å². The van der Waals surface area contributed by atoms with Gasteiger partial charge in [-0.2, -0.15) is 0 Å². The zero-order valence-electron chi connectivity index (χ0n) is 8.83. The summed E-state index contributed by atoms with van der Waals surface area (Å²) in [5.41, 5.74) is 6.60. The molecular weight excluding hydrogens is 176 g/mol. The fourth-order valence-corrected chi connectivity index (χ4v) is 1.11. The first-order valence-electron chi connectivity index (χ1n) is 4.87. The molecule has 0 spiro atoms. The van der Waals surface area contributed by atoms with Crippen LogP contribution in [0.3, 0.4) is 0 Å². The summed E-state index contributed by atoms with van der Waals surface area (Å²) >= 11 is 0. The molecule has 0 radical (unpaired) electrons. The molecule has 0 aromatic carbocycles. The molecule has 0 unspecified atom stereocenters. The molecule has 0 aliphatic rings. The summed E-state index contributed by atoms with van der Waals surface area (Å²) in [6.45, 7) is 5.09. The monoisotopic (exact) mass is 194 g/mol. The van der Waals surface area contributed by atoms with Gasteiger partial charge in [0.15, 0.2) is 0 Å². The summed E-state index contributed by atoms with van der Waals surface area (Å²) in [6, 6.07) is 3.82. The standard InChI is InChI=1S/C10H18N4/c1-3-14(2)8-7-12-9-5-4-6-13-10(9)11/h4-6,12H,3,7-8H2,1-2H3,(H2,11,13). The number of aromatic nitrogens is 1. The summed E-state index contributed by atoms with van der Waals surface area (Å²) in [5, 5.41) is 3.25. The lowest BCUT2D eigenvalue weighted by Crippen LogP contribution is -2.24. The smallest absolute Gasteiger partial charge is 0.146 e. The van der Waals surface area contributed by atoms with E-state index in [1.54, 1.807) is 6.20 Å². The lowest BCUT2D eigenvalue weighted by Gasteiger charge is -2.15. The van der Waals surface area contributed by atoms with E-state index in [1.165, 1.54) is 0 Å². The first kappa shape index (κ1) is 10.8. The Morgan fingerprint density at radius 3 is 3.00 bits per heavy atom. The molecule has 0 amide bonds. The fraction of sp³-hybridized carbons (Fsp3) is 0.500. The van der Waals surface area contributed by atoms with Crippen molar-refractivity contribution < 1.29 is 0 Å².